The Morgan fingerprint density at radius 3 is 2.65 bits per heavy atom. The van der Waals surface area contributed by atoms with E-state index in [-0.39, 0.29) is 5.28 Å². The number of rotatable bonds is 4. The van der Waals surface area contributed by atoms with E-state index in [1.807, 2.05) is 12.1 Å². The van der Waals surface area contributed by atoms with Crippen molar-refractivity contribution in [1.29, 1.82) is 0 Å². The minimum Gasteiger partial charge on any atom is -0.366 e. The minimum atomic E-state index is 0.214. The van der Waals surface area contributed by atoms with Gasteiger partial charge in [-0.15, -0.1) is 0 Å². The number of halogens is 1. The minimum absolute atomic E-state index is 0.214. The molecule has 0 spiro atoms. The standard InChI is InChI=1S/C12H10ClN3O/c13-12-14-6-5-11(16-12)15-7-9-1-3-10(8-17)4-2-9/h1-6,8H,7H2,(H,14,15,16). The number of nitrogens with one attached hydrogen (secondary N) is 1. The van der Waals surface area contributed by atoms with Gasteiger partial charge in [0.2, 0.25) is 5.28 Å². The van der Waals surface area contributed by atoms with Gasteiger partial charge in [-0.05, 0) is 23.2 Å². The van der Waals surface area contributed by atoms with Crippen LogP contribution >= 0.6 is 11.6 Å². The Kier molecular flexibility index (Phi) is 3.67. The van der Waals surface area contributed by atoms with Crippen molar-refractivity contribution in [2.45, 2.75) is 6.54 Å². The molecule has 5 heteroatoms. The average Bonchev–Trinajstić information content (AvgIpc) is 2.37. The summed E-state index contributed by atoms with van der Waals surface area (Å²) in [5.74, 6) is 0.671. The molecular weight excluding hydrogens is 238 g/mol. The lowest BCUT2D eigenvalue weighted by molar-refractivity contribution is 0.112. The molecule has 0 aliphatic heterocycles. The number of carbonyl (C=O) groups excluding carboxylic acids is 1. The second kappa shape index (κ2) is 5.41. The number of aromatic nitrogens is 2. The van der Waals surface area contributed by atoms with Crippen molar-refractivity contribution in [1.82, 2.24) is 9.97 Å². The molecule has 17 heavy (non-hydrogen) atoms. The predicted octanol–water partition coefficient (Wildman–Crippen LogP) is 2.55. The first kappa shape index (κ1) is 11.5. The maximum Gasteiger partial charge on any atom is 0.224 e. The van der Waals surface area contributed by atoms with Crippen LogP contribution in [0.2, 0.25) is 5.28 Å². The van der Waals surface area contributed by atoms with Crippen LogP contribution in [0.5, 0.6) is 0 Å². The molecule has 0 aliphatic rings. The Balaban J connectivity index is 1.99. The van der Waals surface area contributed by atoms with Crippen molar-refractivity contribution in [2.24, 2.45) is 0 Å². The number of hydrogen-bond donors (Lipinski definition) is 1. The number of aldehydes is 1. The zero-order valence-corrected chi connectivity index (χ0v) is 9.69. The molecule has 1 heterocycles. The smallest absolute Gasteiger partial charge is 0.224 e. The highest BCUT2D eigenvalue weighted by Crippen LogP contribution is 2.09. The van der Waals surface area contributed by atoms with Crippen LogP contribution in [0.25, 0.3) is 0 Å². The maximum absolute atomic E-state index is 10.5. The largest absolute Gasteiger partial charge is 0.366 e. The fourth-order valence-electron chi connectivity index (χ4n) is 1.34. The highest BCUT2D eigenvalue weighted by atomic mass is 35.5. The van der Waals surface area contributed by atoms with E-state index < -0.39 is 0 Å². The summed E-state index contributed by atoms with van der Waals surface area (Å²) < 4.78 is 0. The second-order valence-corrected chi connectivity index (χ2v) is 3.76. The first-order valence-corrected chi connectivity index (χ1v) is 5.42. The van der Waals surface area contributed by atoms with Crippen molar-refractivity contribution >= 4 is 23.7 Å². The Morgan fingerprint density at radius 1 is 1.24 bits per heavy atom. The lowest BCUT2D eigenvalue weighted by Crippen LogP contribution is -2.01. The van der Waals surface area contributed by atoms with E-state index in [0.29, 0.717) is 17.9 Å². The molecule has 0 unspecified atom stereocenters. The van der Waals surface area contributed by atoms with Gasteiger partial charge < -0.3 is 5.32 Å². The van der Waals surface area contributed by atoms with Gasteiger partial charge in [-0.2, -0.15) is 0 Å². The number of nitrogens with zero attached hydrogens (tertiary/aromatic N) is 2. The fraction of sp³-hybridized carbons (Fsp3) is 0.0833. The second-order valence-electron chi connectivity index (χ2n) is 3.42. The number of carbonyl (C=O) groups is 1. The molecule has 0 saturated heterocycles. The predicted molar refractivity (Wildman–Crippen MR) is 66.2 cm³/mol. The molecule has 1 aromatic heterocycles. The van der Waals surface area contributed by atoms with Crippen molar-refractivity contribution in [3.63, 3.8) is 0 Å². The van der Waals surface area contributed by atoms with Crippen LogP contribution in [0.1, 0.15) is 15.9 Å². The highest BCUT2D eigenvalue weighted by molar-refractivity contribution is 6.28. The van der Waals surface area contributed by atoms with E-state index in [0.717, 1.165) is 11.8 Å². The summed E-state index contributed by atoms with van der Waals surface area (Å²) in [4.78, 5) is 18.3. The molecule has 2 aromatic rings. The molecule has 0 radical (unpaired) electrons. The van der Waals surface area contributed by atoms with E-state index in [1.54, 1.807) is 24.4 Å². The van der Waals surface area contributed by atoms with Gasteiger partial charge in [0.1, 0.15) is 12.1 Å². The summed E-state index contributed by atoms with van der Waals surface area (Å²) in [6.07, 6.45) is 2.41. The van der Waals surface area contributed by atoms with Crippen LogP contribution in [-0.2, 0) is 6.54 Å². The van der Waals surface area contributed by atoms with Crippen LogP contribution in [0.4, 0.5) is 5.82 Å². The zero-order valence-electron chi connectivity index (χ0n) is 8.93. The number of anilines is 1. The third kappa shape index (κ3) is 3.26. The maximum atomic E-state index is 10.5. The monoisotopic (exact) mass is 247 g/mol. The summed E-state index contributed by atoms with van der Waals surface area (Å²) in [6, 6.07) is 9.07. The van der Waals surface area contributed by atoms with Gasteiger partial charge >= 0.3 is 0 Å². The molecule has 0 bridgehead atoms. The Morgan fingerprint density at radius 2 is 2.00 bits per heavy atom. The van der Waals surface area contributed by atoms with Crippen LogP contribution in [0, 0.1) is 0 Å². The Hall–Kier alpha value is -1.94. The highest BCUT2D eigenvalue weighted by Gasteiger charge is 1.97. The molecular formula is C12H10ClN3O. The molecule has 86 valence electrons. The van der Waals surface area contributed by atoms with Crippen LogP contribution in [0.15, 0.2) is 36.5 Å². The van der Waals surface area contributed by atoms with E-state index in [1.165, 1.54) is 0 Å². The van der Waals surface area contributed by atoms with E-state index >= 15 is 0 Å². The number of benzene rings is 1. The topological polar surface area (TPSA) is 54.9 Å². The summed E-state index contributed by atoms with van der Waals surface area (Å²) >= 11 is 5.67. The summed E-state index contributed by atoms with van der Waals surface area (Å²) in [5.41, 5.74) is 1.73. The van der Waals surface area contributed by atoms with Crippen molar-refractivity contribution in [3.05, 3.63) is 52.9 Å². The van der Waals surface area contributed by atoms with Gasteiger partial charge in [-0.3, -0.25) is 4.79 Å². The van der Waals surface area contributed by atoms with Crippen molar-refractivity contribution in [2.75, 3.05) is 5.32 Å². The van der Waals surface area contributed by atoms with E-state index in [9.17, 15) is 4.79 Å². The fourth-order valence-corrected chi connectivity index (χ4v) is 1.49. The zero-order chi connectivity index (χ0) is 12.1. The first-order chi connectivity index (χ1) is 8.28. The van der Waals surface area contributed by atoms with Gasteiger partial charge in [0.25, 0.3) is 0 Å². The lowest BCUT2D eigenvalue weighted by Gasteiger charge is -2.05. The van der Waals surface area contributed by atoms with E-state index in [4.69, 9.17) is 11.6 Å². The Labute approximate surface area is 104 Å². The summed E-state index contributed by atoms with van der Waals surface area (Å²) in [7, 11) is 0. The molecule has 1 aromatic carbocycles. The quantitative estimate of drug-likeness (QED) is 0.666. The lowest BCUT2D eigenvalue weighted by atomic mass is 10.1. The van der Waals surface area contributed by atoms with Gasteiger partial charge in [0.05, 0.1) is 0 Å². The average molecular weight is 248 g/mol. The molecule has 0 aliphatic carbocycles. The molecule has 2 rings (SSSR count). The van der Waals surface area contributed by atoms with Crippen LogP contribution in [0.3, 0.4) is 0 Å². The Bertz CT molecular complexity index is 513. The molecule has 0 saturated carbocycles. The molecule has 4 nitrogen and oxygen atoms in total. The molecule has 0 fully saturated rings. The van der Waals surface area contributed by atoms with Gasteiger partial charge in [0, 0.05) is 18.3 Å². The van der Waals surface area contributed by atoms with E-state index in [2.05, 4.69) is 15.3 Å². The van der Waals surface area contributed by atoms with Crippen LogP contribution < -0.4 is 5.32 Å². The first-order valence-electron chi connectivity index (χ1n) is 5.04. The SMILES string of the molecule is O=Cc1ccc(CNc2ccnc(Cl)n2)cc1. The third-order valence-electron chi connectivity index (χ3n) is 2.22. The van der Waals surface area contributed by atoms with Gasteiger partial charge in [-0.1, -0.05) is 24.3 Å². The normalized spacial score (nSPS) is 9.94. The van der Waals surface area contributed by atoms with Crippen molar-refractivity contribution < 1.29 is 4.79 Å². The summed E-state index contributed by atoms with van der Waals surface area (Å²) in [6.45, 7) is 0.618. The number of hydrogen-bond acceptors (Lipinski definition) is 4. The molecule has 0 atom stereocenters. The molecule has 1 N–H and O–H groups in total. The third-order valence-corrected chi connectivity index (χ3v) is 2.40. The van der Waals surface area contributed by atoms with Gasteiger partial charge in [0.15, 0.2) is 0 Å². The van der Waals surface area contributed by atoms with Gasteiger partial charge in [-0.25, -0.2) is 9.97 Å². The summed E-state index contributed by atoms with van der Waals surface area (Å²) in [5, 5.41) is 3.33. The van der Waals surface area contributed by atoms with Crippen LogP contribution in [-0.4, -0.2) is 16.3 Å². The molecule has 0 amide bonds. The van der Waals surface area contributed by atoms with Crippen molar-refractivity contribution in [3.8, 4) is 0 Å².